The van der Waals surface area contributed by atoms with Gasteiger partial charge in [-0.25, -0.2) is 10.1 Å². The second-order valence-corrected chi connectivity index (χ2v) is 13.3. The van der Waals surface area contributed by atoms with Crippen molar-refractivity contribution in [1.29, 1.82) is 0 Å². The summed E-state index contributed by atoms with van der Waals surface area (Å²) < 4.78 is 19.8. The first-order valence-corrected chi connectivity index (χ1v) is 14.3. The molecule has 37 heavy (non-hydrogen) atoms. The number of nitrogens with two attached hydrogens (primary N) is 1. The number of hydrogen-bond acceptors (Lipinski definition) is 11. The maximum Gasteiger partial charge on any atom is 0.280 e. The van der Waals surface area contributed by atoms with E-state index < -0.39 is 8.53 Å². The minimum absolute atomic E-state index is 0.0357. The third-order valence-corrected chi connectivity index (χ3v) is 7.13. The molecule has 0 saturated carbocycles. The number of imidazole rings is 1. The highest BCUT2D eigenvalue weighted by Gasteiger charge is 2.35. The molecule has 1 aliphatic heterocycles. The van der Waals surface area contributed by atoms with Crippen LogP contribution in [-0.2, 0) is 18.6 Å². The molecule has 1 saturated heterocycles. The average molecular weight is 561 g/mol. The fourth-order valence-corrected chi connectivity index (χ4v) is 4.95. The summed E-state index contributed by atoms with van der Waals surface area (Å²) in [6.07, 6.45) is 1.83. The van der Waals surface area contributed by atoms with Gasteiger partial charge in [0.1, 0.15) is 6.23 Å². The number of ether oxygens (including phenoxy) is 1. The largest absolute Gasteiger partial charge is 0.396 e. The fraction of sp³-hybridized carbons (Fsp3) is 0.739. The third-order valence-electron chi connectivity index (χ3n) is 4.93. The van der Waals surface area contributed by atoms with Crippen LogP contribution in [0.25, 0.3) is 11.2 Å². The van der Waals surface area contributed by atoms with Gasteiger partial charge in [0.05, 0.1) is 25.6 Å². The van der Waals surface area contributed by atoms with Crippen molar-refractivity contribution in [3.05, 3.63) is 16.7 Å². The molecular weight excluding hydrogens is 519 g/mol. The number of rotatable bonds is 10. The normalized spacial score (nSPS) is 21.0. The minimum Gasteiger partial charge on any atom is -0.396 e. The maximum atomic E-state index is 12.0. The molecule has 12 nitrogen and oxygen atoms in total. The van der Waals surface area contributed by atoms with Crippen LogP contribution in [-0.4, -0.2) is 67.5 Å². The zero-order valence-corrected chi connectivity index (χ0v) is 24.4. The number of thioether (sulfide) groups is 1. The number of fused-ring (bicyclic) bond motifs is 1. The number of anilines is 1. The van der Waals surface area contributed by atoms with Crippen LogP contribution >= 0.6 is 20.3 Å². The molecular formula is C23H41N6O6PS. The van der Waals surface area contributed by atoms with Crippen LogP contribution in [0.4, 0.5) is 5.95 Å². The van der Waals surface area contributed by atoms with Crippen LogP contribution < -0.4 is 16.4 Å². The molecule has 4 unspecified atom stereocenters. The molecule has 0 radical (unpaired) electrons. The Bertz CT molecular complexity index is 1050. The number of nitrogens with zero attached hydrogens (tertiary/aromatic N) is 3. The SMILES string of the molecule is CC(C)(C)CO.CC1CC(COP(NC(C)(C)C)OCCSC=O)OC1n1cnc2c(=O)[nH]c(N)nc21. The molecule has 5 N–H and O–H groups in total. The lowest BCUT2D eigenvalue weighted by Crippen LogP contribution is -2.33. The summed E-state index contributed by atoms with van der Waals surface area (Å²) in [6, 6.07) is 0. The Kier molecular flexibility index (Phi) is 11.9. The van der Waals surface area contributed by atoms with E-state index in [1.807, 2.05) is 41.5 Å². The molecule has 1 aliphatic rings. The molecule has 0 bridgehead atoms. The predicted molar refractivity (Wildman–Crippen MR) is 148 cm³/mol. The average Bonchev–Trinajstić information content (AvgIpc) is 3.36. The maximum absolute atomic E-state index is 12.0. The highest BCUT2D eigenvalue weighted by Crippen LogP contribution is 2.40. The number of aromatic amines is 1. The first-order chi connectivity index (χ1) is 17.2. The van der Waals surface area contributed by atoms with Crippen molar-refractivity contribution >= 4 is 43.0 Å². The molecule has 210 valence electrons. The quantitative estimate of drug-likeness (QED) is 0.191. The summed E-state index contributed by atoms with van der Waals surface area (Å²) >= 11 is 1.16. The number of aliphatic hydroxyl groups excluding tert-OH is 1. The zero-order chi connectivity index (χ0) is 27.8. The Balaban J connectivity index is 0.000000717. The third kappa shape index (κ3) is 10.6. The number of H-pyrrole nitrogens is 1. The van der Waals surface area contributed by atoms with E-state index in [2.05, 4.69) is 27.0 Å². The van der Waals surface area contributed by atoms with Gasteiger partial charge in [0.2, 0.25) is 5.95 Å². The van der Waals surface area contributed by atoms with Gasteiger partial charge < -0.3 is 24.6 Å². The Hall–Kier alpha value is -1.60. The van der Waals surface area contributed by atoms with Crippen LogP contribution in [0.1, 0.15) is 61.1 Å². The van der Waals surface area contributed by atoms with E-state index >= 15 is 0 Å². The van der Waals surface area contributed by atoms with Gasteiger partial charge >= 0.3 is 0 Å². The monoisotopic (exact) mass is 560 g/mol. The van der Waals surface area contributed by atoms with E-state index in [1.54, 1.807) is 10.9 Å². The molecule has 0 aliphatic carbocycles. The van der Waals surface area contributed by atoms with E-state index in [1.165, 1.54) is 0 Å². The Morgan fingerprint density at radius 1 is 1.35 bits per heavy atom. The highest BCUT2D eigenvalue weighted by atomic mass is 32.2. The number of aliphatic hydroxyl groups is 1. The van der Waals surface area contributed by atoms with Gasteiger partial charge in [-0.3, -0.25) is 19.1 Å². The highest BCUT2D eigenvalue weighted by molar-refractivity contribution is 8.11. The van der Waals surface area contributed by atoms with Crippen LogP contribution in [0.5, 0.6) is 0 Å². The zero-order valence-electron chi connectivity index (χ0n) is 22.7. The number of carbonyl (C=O) groups excluding carboxylic acids is 1. The lowest BCUT2D eigenvalue weighted by molar-refractivity contribution is -0.0259. The summed E-state index contributed by atoms with van der Waals surface area (Å²) in [4.78, 5) is 33.3. The Morgan fingerprint density at radius 3 is 2.62 bits per heavy atom. The molecule has 4 atom stereocenters. The van der Waals surface area contributed by atoms with Crippen molar-refractivity contribution in [2.75, 3.05) is 31.3 Å². The first kappa shape index (κ1) is 31.6. The molecule has 0 amide bonds. The van der Waals surface area contributed by atoms with Gasteiger partial charge in [0, 0.05) is 23.8 Å². The lowest BCUT2D eigenvalue weighted by atomic mass is 9.99. The van der Waals surface area contributed by atoms with Gasteiger partial charge in [0.15, 0.2) is 16.8 Å². The number of carbonyl (C=O) groups is 1. The number of hydrogen-bond donors (Lipinski definition) is 4. The van der Waals surface area contributed by atoms with E-state index in [4.69, 9.17) is 24.6 Å². The van der Waals surface area contributed by atoms with Crippen molar-refractivity contribution in [2.45, 2.75) is 72.8 Å². The van der Waals surface area contributed by atoms with E-state index in [0.29, 0.717) is 24.6 Å². The smallest absolute Gasteiger partial charge is 0.280 e. The lowest BCUT2D eigenvalue weighted by Gasteiger charge is -2.27. The van der Waals surface area contributed by atoms with Crippen molar-refractivity contribution < 1.29 is 23.7 Å². The van der Waals surface area contributed by atoms with Gasteiger partial charge in [-0.2, -0.15) is 4.98 Å². The van der Waals surface area contributed by atoms with Crippen molar-refractivity contribution in [2.24, 2.45) is 11.3 Å². The van der Waals surface area contributed by atoms with Gasteiger partial charge in [-0.05, 0) is 32.6 Å². The molecule has 3 rings (SSSR count). The number of nitrogen functional groups attached to an aromatic ring is 1. The second-order valence-electron chi connectivity index (χ2n) is 11.1. The predicted octanol–water partition coefficient (Wildman–Crippen LogP) is 3.22. The second kappa shape index (κ2) is 14.0. The topological polar surface area (TPSA) is 167 Å². The summed E-state index contributed by atoms with van der Waals surface area (Å²) in [6.45, 7) is 15.2. The summed E-state index contributed by atoms with van der Waals surface area (Å²) in [7, 11) is -1.34. The van der Waals surface area contributed by atoms with E-state index in [9.17, 15) is 9.59 Å². The fourth-order valence-electron chi connectivity index (χ4n) is 3.24. The molecule has 14 heteroatoms. The van der Waals surface area contributed by atoms with Crippen LogP contribution in [0.15, 0.2) is 11.1 Å². The summed E-state index contributed by atoms with van der Waals surface area (Å²) in [5, 5.41) is 11.7. The van der Waals surface area contributed by atoms with E-state index in [-0.39, 0.29) is 52.8 Å². The molecule has 0 aromatic carbocycles. The van der Waals surface area contributed by atoms with Crippen LogP contribution in [0, 0.1) is 11.3 Å². The number of nitrogens with one attached hydrogen (secondary N) is 2. The van der Waals surface area contributed by atoms with Crippen molar-refractivity contribution in [3.63, 3.8) is 0 Å². The Labute approximate surface area is 223 Å². The van der Waals surface area contributed by atoms with Crippen LogP contribution in [0.3, 0.4) is 0 Å². The van der Waals surface area contributed by atoms with Gasteiger partial charge in [0.25, 0.3) is 14.1 Å². The summed E-state index contributed by atoms with van der Waals surface area (Å²) in [5.41, 5.74) is 6.64. The molecule has 2 aromatic rings. The van der Waals surface area contributed by atoms with Crippen LogP contribution in [0.2, 0.25) is 0 Å². The van der Waals surface area contributed by atoms with Gasteiger partial charge in [-0.1, -0.05) is 39.5 Å². The minimum atomic E-state index is -1.34. The molecule has 2 aromatic heterocycles. The molecule has 3 heterocycles. The summed E-state index contributed by atoms with van der Waals surface area (Å²) in [5.74, 6) is 0.757. The van der Waals surface area contributed by atoms with E-state index in [0.717, 1.165) is 23.8 Å². The Morgan fingerprint density at radius 2 is 2.03 bits per heavy atom. The van der Waals surface area contributed by atoms with Crippen molar-refractivity contribution in [1.82, 2.24) is 24.6 Å². The van der Waals surface area contributed by atoms with Crippen molar-refractivity contribution in [3.8, 4) is 0 Å². The van der Waals surface area contributed by atoms with Gasteiger partial charge in [-0.15, -0.1) is 0 Å². The number of aromatic nitrogens is 4. The first-order valence-electron chi connectivity index (χ1n) is 12.1. The molecule has 0 spiro atoms. The standard InChI is InChI=1S/C18H29N6O5PS.C5H12O/c1-11-7-12(8-28-30(23-18(2,3)4)27-5-6-31-10-25)29-16(11)24-9-20-13-14(24)21-17(19)22-15(13)26;1-5(2,3)4-6/h9-12,16,23H,5-8H2,1-4H3,(H3,19,21,22,26);6H,4H2,1-3H3. The molecule has 1 fully saturated rings.